The molecule has 1 heterocycles. The molecule has 0 saturated heterocycles. The molecule has 0 aliphatic carbocycles. The van der Waals surface area contributed by atoms with Gasteiger partial charge in [-0.15, -0.1) is 0 Å². The quantitative estimate of drug-likeness (QED) is 0.482. The average Bonchev–Trinajstić information content (AvgIpc) is 2.45. The van der Waals surface area contributed by atoms with Crippen LogP contribution in [0.1, 0.15) is 22.5 Å². The second-order valence-electron chi connectivity index (χ2n) is 4.74. The lowest BCUT2D eigenvalue weighted by atomic mass is 10.1. The molecule has 0 aliphatic rings. The molecule has 1 aromatic heterocycles. The smallest absolute Gasteiger partial charge is 0.309 e. The minimum atomic E-state index is -0.227. The van der Waals surface area contributed by atoms with Crippen molar-refractivity contribution in [2.45, 2.75) is 31.2 Å². The number of hydrogen-bond acceptors (Lipinski definition) is 5. The Balaban J connectivity index is 2.10. The highest BCUT2D eigenvalue weighted by molar-refractivity contribution is 7.98. The highest BCUT2D eigenvalue weighted by atomic mass is 32.2. The maximum atomic E-state index is 11.4. The van der Waals surface area contributed by atoms with E-state index in [0.29, 0.717) is 6.42 Å². The number of benzene rings is 1. The highest BCUT2D eigenvalue weighted by Gasteiger charge is 2.09. The van der Waals surface area contributed by atoms with Gasteiger partial charge in [-0.25, -0.2) is 9.97 Å². The highest BCUT2D eigenvalue weighted by Crippen LogP contribution is 2.22. The summed E-state index contributed by atoms with van der Waals surface area (Å²) >= 11 is 1.58. The van der Waals surface area contributed by atoms with Crippen molar-refractivity contribution in [1.82, 2.24) is 9.97 Å². The fraction of sp³-hybridized carbons (Fsp3) is 0.312. The van der Waals surface area contributed by atoms with Gasteiger partial charge in [0.2, 0.25) is 0 Å². The second-order valence-corrected chi connectivity index (χ2v) is 5.69. The van der Waals surface area contributed by atoms with Crippen molar-refractivity contribution < 1.29 is 9.53 Å². The van der Waals surface area contributed by atoms with Crippen LogP contribution in [0.2, 0.25) is 0 Å². The van der Waals surface area contributed by atoms with Crippen LogP contribution in [0.3, 0.4) is 0 Å². The van der Waals surface area contributed by atoms with E-state index in [1.807, 2.05) is 44.2 Å². The van der Waals surface area contributed by atoms with Crippen molar-refractivity contribution in [2.75, 3.05) is 7.11 Å². The predicted octanol–water partition coefficient (Wildman–Crippen LogP) is 3.10. The Morgan fingerprint density at radius 2 is 1.76 bits per heavy atom. The summed E-state index contributed by atoms with van der Waals surface area (Å²) in [5.74, 6) is 0.505. The van der Waals surface area contributed by atoms with Gasteiger partial charge in [0.05, 0.1) is 13.5 Å². The van der Waals surface area contributed by atoms with E-state index in [-0.39, 0.29) is 5.97 Å². The number of thioether (sulfide) groups is 1. The molecular formula is C16H18N2O2S. The van der Waals surface area contributed by atoms with Crippen LogP contribution >= 0.6 is 11.8 Å². The number of ether oxygens (including phenoxy) is 1. The van der Waals surface area contributed by atoms with Gasteiger partial charge in [-0.05, 0) is 31.0 Å². The second kappa shape index (κ2) is 7.22. The molecule has 5 heteroatoms. The van der Waals surface area contributed by atoms with E-state index >= 15 is 0 Å². The van der Waals surface area contributed by atoms with E-state index in [9.17, 15) is 4.79 Å². The van der Waals surface area contributed by atoms with Gasteiger partial charge < -0.3 is 4.74 Å². The molecule has 4 nitrogen and oxygen atoms in total. The van der Waals surface area contributed by atoms with E-state index in [1.165, 1.54) is 7.11 Å². The fourth-order valence-electron chi connectivity index (χ4n) is 2.00. The zero-order valence-corrected chi connectivity index (χ0v) is 13.2. The minimum absolute atomic E-state index is 0.227. The van der Waals surface area contributed by atoms with Crippen LogP contribution in [-0.4, -0.2) is 23.0 Å². The summed E-state index contributed by atoms with van der Waals surface area (Å²) < 4.78 is 4.73. The van der Waals surface area contributed by atoms with Gasteiger partial charge in [-0.3, -0.25) is 4.79 Å². The maximum absolute atomic E-state index is 11.4. The van der Waals surface area contributed by atoms with Crippen molar-refractivity contribution >= 4 is 17.7 Å². The van der Waals surface area contributed by atoms with Gasteiger partial charge in [-0.1, -0.05) is 36.0 Å². The van der Waals surface area contributed by atoms with Crippen molar-refractivity contribution in [2.24, 2.45) is 0 Å². The minimum Gasteiger partial charge on any atom is -0.469 e. The predicted molar refractivity (Wildman–Crippen MR) is 83.2 cm³/mol. The molecule has 0 atom stereocenters. The fourth-order valence-corrected chi connectivity index (χ4v) is 2.98. The number of carbonyl (C=O) groups excluding carboxylic acids is 1. The van der Waals surface area contributed by atoms with Crippen LogP contribution in [0.5, 0.6) is 0 Å². The van der Waals surface area contributed by atoms with Gasteiger partial charge in [0, 0.05) is 17.1 Å². The SMILES string of the molecule is COC(=O)Cc1ccccc1CSc1nc(C)cc(C)n1. The lowest BCUT2D eigenvalue weighted by molar-refractivity contribution is -0.139. The maximum Gasteiger partial charge on any atom is 0.309 e. The van der Waals surface area contributed by atoms with Gasteiger partial charge in [0.15, 0.2) is 5.16 Å². The van der Waals surface area contributed by atoms with E-state index in [4.69, 9.17) is 4.74 Å². The molecule has 110 valence electrons. The molecule has 0 fully saturated rings. The van der Waals surface area contributed by atoms with E-state index in [0.717, 1.165) is 33.4 Å². The van der Waals surface area contributed by atoms with Crippen molar-refractivity contribution in [3.8, 4) is 0 Å². The summed E-state index contributed by atoms with van der Waals surface area (Å²) in [6.45, 7) is 3.92. The lowest BCUT2D eigenvalue weighted by Gasteiger charge is -2.08. The number of aryl methyl sites for hydroxylation is 2. The molecule has 0 radical (unpaired) electrons. The molecule has 0 spiro atoms. The topological polar surface area (TPSA) is 52.1 Å². The molecule has 2 aromatic rings. The zero-order valence-electron chi connectivity index (χ0n) is 12.4. The number of carbonyl (C=O) groups is 1. The first-order chi connectivity index (χ1) is 10.1. The third kappa shape index (κ3) is 4.56. The van der Waals surface area contributed by atoms with Crippen LogP contribution in [0.4, 0.5) is 0 Å². The first-order valence-electron chi connectivity index (χ1n) is 6.67. The molecule has 1 aromatic carbocycles. The molecule has 2 rings (SSSR count). The van der Waals surface area contributed by atoms with Gasteiger partial charge in [0.25, 0.3) is 0 Å². The Morgan fingerprint density at radius 3 is 2.38 bits per heavy atom. The van der Waals surface area contributed by atoms with Crippen molar-refractivity contribution in [1.29, 1.82) is 0 Å². The normalized spacial score (nSPS) is 10.4. The molecule has 0 saturated carbocycles. The van der Waals surface area contributed by atoms with Crippen molar-refractivity contribution in [3.63, 3.8) is 0 Å². The summed E-state index contributed by atoms with van der Waals surface area (Å²) in [4.78, 5) is 20.3. The summed E-state index contributed by atoms with van der Waals surface area (Å²) in [6, 6.07) is 9.83. The number of methoxy groups -OCH3 is 1. The third-order valence-electron chi connectivity index (χ3n) is 3.00. The van der Waals surface area contributed by atoms with Gasteiger partial charge in [-0.2, -0.15) is 0 Å². The molecule has 0 aliphatic heterocycles. The summed E-state index contributed by atoms with van der Waals surface area (Å²) in [5, 5.41) is 0.764. The van der Waals surface area contributed by atoms with Crippen LogP contribution in [0, 0.1) is 13.8 Å². The van der Waals surface area contributed by atoms with Crippen LogP contribution in [0.15, 0.2) is 35.5 Å². The molecule has 0 bridgehead atoms. The Morgan fingerprint density at radius 1 is 1.14 bits per heavy atom. The lowest BCUT2D eigenvalue weighted by Crippen LogP contribution is -2.06. The van der Waals surface area contributed by atoms with Gasteiger partial charge >= 0.3 is 5.97 Å². The molecule has 0 amide bonds. The monoisotopic (exact) mass is 302 g/mol. The first kappa shape index (κ1) is 15.5. The number of nitrogens with zero attached hydrogens (tertiary/aromatic N) is 2. The molecule has 21 heavy (non-hydrogen) atoms. The number of rotatable bonds is 5. The summed E-state index contributed by atoms with van der Waals surface area (Å²) in [6.07, 6.45) is 0.293. The van der Waals surface area contributed by atoms with E-state index < -0.39 is 0 Å². The zero-order chi connectivity index (χ0) is 15.2. The average molecular weight is 302 g/mol. The number of aromatic nitrogens is 2. The third-order valence-corrected chi connectivity index (χ3v) is 3.90. The Kier molecular flexibility index (Phi) is 5.33. The number of hydrogen-bond donors (Lipinski definition) is 0. The van der Waals surface area contributed by atoms with Crippen LogP contribution in [-0.2, 0) is 21.7 Å². The van der Waals surface area contributed by atoms with Crippen molar-refractivity contribution in [3.05, 3.63) is 52.8 Å². The first-order valence-corrected chi connectivity index (χ1v) is 7.65. The molecule has 0 N–H and O–H groups in total. The van der Waals surface area contributed by atoms with Gasteiger partial charge in [0.1, 0.15) is 0 Å². The standard InChI is InChI=1S/C16H18N2O2S/c1-11-8-12(2)18-16(17-11)21-10-14-7-5-4-6-13(14)9-15(19)20-3/h4-8H,9-10H2,1-3H3. The van der Waals surface area contributed by atoms with E-state index in [2.05, 4.69) is 9.97 Å². The Labute approximate surface area is 129 Å². The van der Waals surface area contributed by atoms with Crippen LogP contribution in [0.25, 0.3) is 0 Å². The summed E-state index contributed by atoms with van der Waals surface area (Å²) in [7, 11) is 1.41. The van der Waals surface area contributed by atoms with E-state index in [1.54, 1.807) is 11.8 Å². The Hall–Kier alpha value is -1.88. The Bertz CT molecular complexity index is 624. The summed E-state index contributed by atoms with van der Waals surface area (Å²) in [5.41, 5.74) is 4.03. The van der Waals surface area contributed by atoms with Crippen LogP contribution < -0.4 is 0 Å². The molecular weight excluding hydrogens is 284 g/mol. The largest absolute Gasteiger partial charge is 0.469 e. The number of esters is 1. The molecule has 0 unspecified atom stereocenters.